The van der Waals surface area contributed by atoms with Gasteiger partial charge in [-0.25, -0.2) is 0 Å². The Morgan fingerprint density at radius 3 is 2.88 bits per heavy atom. The van der Waals surface area contributed by atoms with Crippen LogP contribution < -0.4 is 10.6 Å². The van der Waals surface area contributed by atoms with E-state index in [0.717, 1.165) is 10.2 Å². The van der Waals surface area contributed by atoms with Crippen molar-refractivity contribution in [1.29, 1.82) is 5.26 Å². The molecular formula is C11H12BrN3O. The van der Waals surface area contributed by atoms with E-state index in [2.05, 4.69) is 32.6 Å². The number of hydrogen-bond acceptors (Lipinski definition) is 3. The Morgan fingerprint density at radius 1 is 1.50 bits per heavy atom. The van der Waals surface area contributed by atoms with Crippen molar-refractivity contribution >= 4 is 27.5 Å². The quantitative estimate of drug-likeness (QED) is 0.886. The first-order chi connectivity index (χ1) is 7.65. The van der Waals surface area contributed by atoms with Gasteiger partial charge in [-0.2, -0.15) is 5.26 Å². The first-order valence-electron chi connectivity index (χ1n) is 4.87. The van der Waals surface area contributed by atoms with Gasteiger partial charge in [-0.3, -0.25) is 4.79 Å². The van der Waals surface area contributed by atoms with Gasteiger partial charge in [0.25, 0.3) is 0 Å². The predicted octanol–water partition coefficient (Wildman–Crippen LogP) is 1.87. The van der Waals surface area contributed by atoms with Crippen molar-refractivity contribution in [3.63, 3.8) is 0 Å². The van der Waals surface area contributed by atoms with Crippen LogP contribution in [0.15, 0.2) is 22.7 Å². The molecule has 5 heteroatoms. The molecule has 0 spiro atoms. The Kier molecular flexibility index (Phi) is 4.80. The van der Waals surface area contributed by atoms with E-state index in [1.54, 1.807) is 12.1 Å². The molecule has 0 aliphatic carbocycles. The van der Waals surface area contributed by atoms with Gasteiger partial charge in [0.1, 0.15) is 0 Å². The van der Waals surface area contributed by atoms with Crippen molar-refractivity contribution in [2.45, 2.75) is 6.92 Å². The van der Waals surface area contributed by atoms with E-state index in [0.29, 0.717) is 12.1 Å². The van der Waals surface area contributed by atoms with Crippen molar-refractivity contribution in [3.05, 3.63) is 28.2 Å². The third kappa shape index (κ3) is 3.91. The minimum atomic E-state index is -0.0685. The van der Waals surface area contributed by atoms with Gasteiger partial charge in [0.2, 0.25) is 5.91 Å². The number of halogens is 1. The minimum absolute atomic E-state index is 0.0685. The van der Waals surface area contributed by atoms with Gasteiger partial charge in [0.15, 0.2) is 0 Å². The number of likely N-dealkylation sites (N-methyl/N-ethyl adjacent to an activating group) is 1. The highest BCUT2D eigenvalue weighted by atomic mass is 79.9. The molecule has 4 nitrogen and oxygen atoms in total. The van der Waals surface area contributed by atoms with Gasteiger partial charge in [-0.05, 0) is 25.1 Å². The van der Waals surface area contributed by atoms with E-state index in [9.17, 15) is 4.79 Å². The number of nitrogens with zero attached hydrogens (tertiary/aromatic N) is 1. The highest BCUT2D eigenvalue weighted by molar-refractivity contribution is 9.10. The van der Waals surface area contributed by atoms with Gasteiger partial charge in [0, 0.05) is 16.7 Å². The van der Waals surface area contributed by atoms with Crippen LogP contribution in [0.1, 0.15) is 12.5 Å². The van der Waals surface area contributed by atoms with Crippen LogP contribution in [0.4, 0.5) is 5.69 Å². The maximum absolute atomic E-state index is 11.2. The van der Waals surface area contributed by atoms with Crippen molar-refractivity contribution < 1.29 is 4.79 Å². The molecule has 16 heavy (non-hydrogen) atoms. The fourth-order valence-corrected chi connectivity index (χ4v) is 1.69. The third-order valence-electron chi connectivity index (χ3n) is 1.85. The molecule has 0 fully saturated rings. The van der Waals surface area contributed by atoms with Gasteiger partial charge in [-0.1, -0.05) is 15.9 Å². The number of carbonyl (C=O) groups excluding carboxylic acids is 1. The molecule has 0 saturated carbocycles. The molecular weight excluding hydrogens is 270 g/mol. The van der Waals surface area contributed by atoms with E-state index in [4.69, 9.17) is 5.26 Å². The number of nitrogens with one attached hydrogen (secondary N) is 2. The largest absolute Gasteiger partial charge is 0.376 e. The van der Waals surface area contributed by atoms with Crippen LogP contribution in [0.2, 0.25) is 0 Å². The number of anilines is 1. The summed E-state index contributed by atoms with van der Waals surface area (Å²) in [6.45, 7) is 2.68. The van der Waals surface area contributed by atoms with Gasteiger partial charge < -0.3 is 10.6 Å². The topological polar surface area (TPSA) is 64.9 Å². The van der Waals surface area contributed by atoms with Crippen LogP contribution in [0.3, 0.4) is 0 Å². The first-order valence-corrected chi connectivity index (χ1v) is 5.66. The molecule has 1 amide bonds. The summed E-state index contributed by atoms with van der Waals surface area (Å²) in [4.78, 5) is 11.2. The summed E-state index contributed by atoms with van der Waals surface area (Å²) < 4.78 is 0.810. The van der Waals surface area contributed by atoms with E-state index < -0.39 is 0 Å². The second kappa shape index (κ2) is 6.13. The molecule has 0 heterocycles. The predicted molar refractivity (Wildman–Crippen MR) is 66.0 cm³/mol. The fraction of sp³-hybridized carbons (Fsp3) is 0.273. The first kappa shape index (κ1) is 12.5. The van der Waals surface area contributed by atoms with Crippen molar-refractivity contribution in [2.24, 2.45) is 0 Å². The molecule has 1 aromatic rings. The average molecular weight is 282 g/mol. The second-order valence-corrected chi connectivity index (χ2v) is 4.06. The molecule has 0 atom stereocenters. The number of hydrogen-bond donors (Lipinski definition) is 2. The minimum Gasteiger partial charge on any atom is -0.376 e. The smallest absolute Gasteiger partial charge is 0.239 e. The molecule has 1 rings (SSSR count). The van der Waals surface area contributed by atoms with Crippen LogP contribution in [0.5, 0.6) is 0 Å². The zero-order valence-corrected chi connectivity index (χ0v) is 10.5. The summed E-state index contributed by atoms with van der Waals surface area (Å²) in [5.74, 6) is -0.0685. The van der Waals surface area contributed by atoms with E-state index >= 15 is 0 Å². The molecule has 0 saturated heterocycles. The SMILES string of the molecule is CCNC(=O)CNc1cc(Br)cc(C#N)c1. The standard InChI is InChI=1S/C11H12BrN3O/c1-2-14-11(16)7-15-10-4-8(6-13)3-9(12)5-10/h3-5,15H,2,7H2,1H3,(H,14,16). The van der Waals surface area contributed by atoms with Gasteiger partial charge >= 0.3 is 0 Å². The highest BCUT2D eigenvalue weighted by Crippen LogP contribution is 2.18. The van der Waals surface area contributed by atoms with Crippen molar-refractivity contribution in [2.75, 3.05) is 18.4 Å². The average Bonchev–Trinajstić information content (AvgIpc) is 2.26. The zero-order valence-electron chi connectivity index (χ0n) is 8.88. The Bertz CT molecular complexity index is 426. The summed E-state index contributed by atoms with van der Waals surface area (Å²) in [5, 5.41) is 14.4. The van der Waals surface area contributed by atoms with Crippen LogP contribution in [-0.4, -0.2) is 19.0 Å². The van der Waals surface area contributed by atoms with Crippen molar-refractivity contribution in [3.8, 4) is 6.07 Å². The van der Waals surface area contributed by atoms with Crippen LogP contribution in [-0.2, 0) is 4.79 Å². The molecule has 0 aromatic heterocycles. The molecule has 84 valence electrons. The molecule has 1 aromatic carbocycles. The Morgan fingerprint density at radius 2 is 2.25 bits per heavy atom. The van der Waals surface area contributed by atoms with Crippen LogP contribution in [0.25, 0.3) is 0 Å². The van der Waals surface area contributed by atoms with Gasteiger partial charge in [0.05, 0.1) is 18.2 Å². The van der Waals surface area contributed by atoms with E-state index in [1.165, 1.54) is 0 Å². The lowest BCUT2D eigenvalue weighted by molar-refractivity contribution is -0.119. The molecule has 2 N–H and O–H groups in total. The summed E-state index contributed by atoms with van der Waals surface area (Å²) in [7, 11) is 0. The Hall–Kier alpha value is -1.54. The highest BCUT2D eigenvalue weighted by Gasteiger charge is 2.01. The lowest BCUT2D eigenvalue weighted by atomic mass is 10.2. The molecule has 0 aliphatic heterocycles. The lowest BCUT2D eigenvalue weighted by Gasteiger charge is -2.07. The summed E-state index contributed by atoms with van der Waals surface area (Å²) in [6.07, 6.45) is 0. The normalized spacial score (nSPS) is 9.31. The summed E-state index contributed by atoms with van der Waals surface area (Å²) in [6, 6.07) is 7.29. The maximum Gasteiger partial charge on any atom is 0.239 e. The fourth-order valence-electron chi connectivity index (χ4n) is 1.20. The third-order valence-corrected chi connectivity index (χ3v) is 2.31. The lowest BCUT2D eigenvalue weighted by Crippen LogP contribution is -2.29. The number of benzene rings is 1. The molecule has 0 radical (unpaired) electrons. The second-order valence-electron chi connectivity index (χ2n) is 3.15. The monoisotopic (exact) mass is 281 g/mol. The maximum atomic E-state index is 11.2. The number of rotatable bonds is 4. The van der Waals surface area contributed by atoms with Crippen LogP contribution >= 0.6 is 15.9 Å². The number of carbonyl (C=O) groups is 1. The van der Waals surface area contributed by atoms with E-state index in [1.807, 2.05) is 13.0 Å². The molecule has 0 bridgehead atoms. The summed E-state index contributed by atoms with van der Waals surface area (Å²) >= 11 is 3.30. The zero-order chi connectivity index (χ0) is 12.0. The Balaban J connectivity index is 2.64. The molecule has 0 aliphatic rings. The number of amides is 1. The Labute approximate surface area is 103 Å². The van der Waals surface area contributed by atoms with Crippen molar-refractivity contribution in [1.82, 2.24) is 5.32 Å². The number of nitriles is 1. The molecule has 0 unspecified atom stereocenters. The van der Waals surface area contributed by atoms with E-state index in [-0.39, 0.29) is 12.5 Å². The van der Waals surface area contributed by atoms with Gasteiger partial charge in [-0.15, -0.1) is 0 Å². The van der Waals surface area contributed by atoms with Crippen LogP contribution in [0, 0.1) is 11.3 Å². The summed E-state index contributed by atoms with van der Waals surface area (Å²) in [5.41, 5.74) is 1.30.